The van der Waals surface area contributed by atoms with Crippen LogP contribution in [0.4, 0.5) is 0 Å². The summed E-state index contributed by atoms with van der Waals surface area (Å²) in [6.45, 7) is 5.49. The van der Waals surface area contributed by atoms with E-state index in [4.69, 9.17) is 19.9 Å². The molecule has 2 saturated heterocycles. The maximum atomic E-state index is 12.1. The van der Waals surface area contributed by atoms with E-state index in [1.807, 2.05) is 12.1 Å². The van der Waals surface area contributed by atoms with Crippen molar-refractivity contribution in [3.63, 3.8) is 0 Å². The highest BCUT2D eigenvalue weighted by Gasteiger charge is 2.37. The summed E-state index contributed by atoms with van der Waals surface area (Å²) in [4.78, 5) is 17.7. The molecule has 4 rings (SSSR count). The number of likely N-dealkylation sites (tertiary alicyclic amines) is 1. The van der Waals surface area contributed by atoms with Crippen LogP contribution in [0, 0.1) is 5.41 Å². The van der Waals surface area contributed by atoms with Crippen molar-refractivity contribution in [2.75, 3.05) is 46.6 Å². The molecule has 2 aliphatic rings. The van der Waals surface area contributed by atoms with Crippen molar-refractivity contribution in [1.29, 1.82) is 0 Å². The predicted octanol–water partition coefficient (Wildman–Crippen LogP) is 2.22. The fraction of sp³-hybridized carbons (Fsp3) is 0.500. The lowest BCUT2D eigenvalue weighted by molar-refractivity contribution is 0.0735. The first-order valence-electron chi connectivity index (χ1n) is 10.4. The van der Waals surface area contributed by atoms with Gasteiger partial charge in [0.25, 0.3) is 5.91 Å². The van der Waals surface area contributed by atoms with E-state index in [0.717, 1.165) is 43.8 Å². The molecular weight excluding hydrogens is 384 g/mol. The average molecular weight is 415 g/mol. The minimum atomic E-state index is -0.259. The number of methoxy groups -OCH3 is 1. The summed E-state index contributed by atoms with van der Waals surface area (Å²) in [6, 6.07) is 5.54. The van der Waals surface area contributed by atoms with E-state index in [9.17, 15) is 4.79 Å². The molecule has 8 heteroatoms. The summed E-state index contributed by atoms with van der Waals surface area (Å²) in [7, 11) is 1.62. The van der Waals surface area contributed by atoms with Gasteiger partial charge in [0.05, 0.1) is 13.7 Å². The number of rotatable bonds is 7. The Bertz CT molecular complexity index is 907. The lowest BCUT2D eigenvalue weighted by atomic mass is 9.78. The summed E-state index contributed by atoms with van der Waals surface area (Å²) in [5, 5.41) is 3.47. The first-order chi connectivity index (χ1) is 14.6. The maximum Gasteiger partial charge on any atom is 0.271 e. The zero-order valence-electron chi connectivity index (χ0n) is 17.4. The van der Waals surface area contributed by atoms with Crippen LogP contribution in [-0.2, 0) is 4.74 Å². The number of nitrogens with two attached hydrogens (primary N) is 1. The molecule has 0 unspecified atom stereocenters. The van der Waals surface area contributed by atoms with E-state index >= 15 is 0 Å². The van der Waals surface area contributed by atoms with E-state index in [-0.39, 0.29) is 5.91 Å². The van der Waals surface area contributed by atoms with E-state index in [1.54, 1.807) is 13.2 Å². The van der Waals surface area contributed by atoms with Gasteiger partial charge in [-0.2, -0.15) is 0 Å². The monoisotopic (exact) mass is 414 g/mol. The number of hydrogen-bond acceptors (Lipinski definition) is 6. The second-order valence-corrected chi connectivity index (χ2v) is 8.10. The number of amides is 1. The van der Waals surface area contributed by atoms with Crippen molar-refractivity contribution in [3.8, 4) is 11.5 Å². The lowest BCUT2D eigenvalue weighted by Gasteiger charge is -2.38. The summed E-state index contributed by atoms with van der Waals surface area (Å²) in [6.07, 6.45) is 6.28. The smallest absolute Gasteiger partial charge is 0.271 e. The van der Waals surface area contributed by atoms with E-state index in [2.05, 4.69) is 15.2 Å². The second-order valence-electron chi connectivity index (χ2n) is 8.10. The van der Waals surface area contributed by atoms with Crippen LogP contribution in [0.3, 0.4) is 0 Å². The van der Waals surface area contributed by atoms with Crippen LogP contribution in [0.25, 0.3) is 10.9 Å². The summed E-state index contributed by atoms with van der Waals surface area (Å²) >= 11 is 0. The molecule has 8 nitrogen and oxygen atoms in total. The van der Waals surface area contributed by atoms with E-state index < -0.39 is 0 Å². The number of fused-ring (bicyclic) bond motifs is 1. The summed E-state index contributed by atoms with van der Waals surface area (Å²) in [5.74, 6) is 1.05. The molecule has 30 heavy (non-hydrogen) atoms. The summed E-state index contributed by atoms with van der Waals surface area (Å²) in [5.41, 5.74) is 6.94. The normalized spacial score (nSPS) is 19.0. The number of nitrogens with one attached hydrogen (secondary N) is 2. The highest BCUT2D eigenvalue weighted by Crippen LogP contribution is 2.39. The first-order valence-corrected chi connectivity index (χ1v) is 10.4. The quantitative estimate of drug-likeness (QED) is 0.642. The number of benzene rings is 1. The number of carbonyl (C=O) groups is 1. The number of carbonyl (C=O) groups excluding carboxylic acids is 1. The van der Waals surface area contributed by atoms with Crippen LogP contribution in [0.2, 0.25) is 0 Å². The molecule has 4 N–H and O–H groups in total. The Morgan fingerprint density at radius 2 is 2.13 bits per heavy atom. The molecule has 2 fully saturated rings. The van der Waals surface area contributed by atoms with E-state index in [0.29, 0.717) is 29.2 Å². The largest absolute Gasteiger partial charge is 0.493 e. The Kier molecular flexibility index (Phi) is 6.15. The molecule has 1 aromatic heterocycles. The topological polar surface area (TPSA) is 102 Å². The van der Waals surface area contributed by atoms with E-state index in [1.165, 1.54) is 31.7 Å². The fourth-order valence-electron chi connectivity index (χ4n) is 4.32. The molecule has 1 amide bonds. The lowest BCUT2D eigenvalue weighted by Crippen LogP contribution is -2.42. The molecule has 2 aliphatic heterocycles. The number of ether oxygens (including phenoxy) is 3. The van der Waals surface area contributed by atoms with Gasteiger partial charge in [0.15, 0.2) is 11.5 Å². The van der Waals surface area contributed by atoms with Crippen LogP contribution >= 0.6 is 0 Å². The highest BCUT2D eigenvalue weighted by molar-refractivity contribution is 5.99. The van der Waals surface area contributed by atoms with Crippen molar-refractivity contribution in [3.05, 3.63) is 36.3 Å². The molecule has 162 valence electrons. The Morgan fingerprint density at radius 3 is 2.83 bits per heavy atom. The van der Waals surface area contributed by atoms with Crippen LogP contribution in [-0.4, -0.2) is 62.4 Å². The zero-order valence-corrected chi connectivity index (χ0v) is 17.4. The van der Waals surface area contributed by atoms with Gasteiger partial charge in [-0.15, -0.1) is 0 Å². The third-order valence-electron chi connectivity index (χ3n) is 6.23. The number of piperidine rings is 1. The number of nitrogens with zero attached hydrogens (tertiary/aromatic N) is 1. The van der Waals surface area contributed by atoms with Gasteiger partial charge in [-0.25, -0.2) is 0 Å². The Labute approximate surface area is 176 Å². The Morgan fingerprint density at radius 1 is 1.30 bits per heavy atom. The zero-order chi connectivity index (χ0) is 21.0. The molecule has 0 bridgehead atoms. The minimum Gasteiger partial charge on any atom is -0.493 e. The van der Waals surface area contributed by atoms with Crippen molar-refractivity contribution in [1.82, 2.24) is 15.2 Å². The standard InChI is InChI=1S/C22H30N4O4/c1-28-19-14-17-16(12-18(25-17)21(27)24-6-5-23)13-20(19)30-11-9-26-7-2-22(3-8-26)4-10-29-15-22/h5-6,12-14,25H,2-4,7-11,15,23H2,1H3,(H,24,27)/b6-5-. The molecule has 2 aromatic rings. The van der Waals surface area contributed by atoms with Crippen LogP contribution in [0.5, 0.6) is 11.5 Å². The van der Waals surface area contributed by atoms with Gasteiger partial charge in [0.1, 0.15) is 12.3 Å². The molecule has 1 spiro atoms. The number of aromatic amines is 1. The van der Waals surface area contributed by atoms with Crippen molar-refractivity contribution in [2.45, 2.75) is 19.3 Å². The molecule has 0 atom stereocenters. The van der Waals surface area contributed by atoms with Crippen molar-refractivity contribution < 1.29 is 19.0 Å². The molecule has 1 aromatic carbocycles. The third-order valence-corrected chi connectivity index (χ3v) is 6.23. The number of aromatic nitrogens is 1. The predicted molar refractivity (Wildman–Crippen MR) is 115 cm³/mol. The fourth-order valence-corrected chi connectivity index (χ4v) is 4.32. The summed E-state index contributed by atoms with van der Waals surface area (Å²) < 4.78 is 17.2. The molecular formula is C22H30N4O4. The SMILES string of the molecule is COc1cc2[nH]c(C(=O)N/C=C\N)cc2cc1OCCN1CCC2(CCOC2)CC1. The molecule has 0 aliphatic carbocycles. The van der Waals surface area contributed by atoms with Gasteiger partial charge in [0.2, 0.25) is 0 Å². The van der Waals surface area contributed by atoms with Crippen molar-refractivity contribution in [2.24, 2.45) is 11.1 Å². The number of hydrogen-bond donors (Lipinski definition) is 3. The van der Waals surface area contributed by atoms with Crippen molar-refractivity contribution >= 4 is 16.8 Å². The van der Waals surface area contributed by atoms with Gasteiger partial charge in [-0.1, -0.05) is 0 Å². The Balaban J connectivity index is 1.36. The van der Waals surface area contributed by atoms with Gasteiger partial charge in [-0.05, 0) is 49.9 Å². The highest BCUT2D eigenvalue weighted by atomic mass is 16.5. The van der Waals surface area contributed by atoms with Crippen LogP contribution in [0.15, 0.2) is 30.6 Å². The minimum absolute atomic E-state index is 0.259. The first kappa shape index (κ1) is 20.6. The molecule has 3 heterocycles. The van der Waals surface area contributed by atoms with Gasteiger partial charge < -0.3 is 30.2 Å². The van der Waals surface area contributed by atoms with Crippen LogP contribution < -0.4 is 20.5 Å². The average Bonchev–Trinajstić information content (AvgIpc) is 3.39. The second kappa shape index (κ2) is 8.97. The molecule has 0 saturated carbocycles. The van der Waals surface area contributed by atoms with Gasteiger partial charge in [0, 0.05) is 42.5 Å². The molecule has 0 radical (unpaired) electrons. The number of H-pyrrole nitrogens is 1. The van der Waals surface area contributed by atoms with Gasteiger partial charge >= 0.3 is 0 Å². The van der Waals surface area contributed by atoms with Gasteiger partial charge in [-0.3, -0.25) is 9.69 Å². The van der Waals surface area contributed by atoms with Crippen LogP contribution in [0.1, 0.15) is 29.8 Å². The third kappa shape index (κ3) is 4.39. The Hall–Kier alpha value is -2.71. The maximum absolute atomic E-state index is 12.1.